The van der Waals surface area contributed by atoms with Gasteiger partial charge in [0.15, 0.2) is 11.5 Å². The maximum atomic E-state index is 9.55. The van der Waals surface area contributed by atoms with Crippen LogP contribution in [0.2, 0.25) is 0 Å². The van der Waals surface area contributed by atoms with Gasteiger partial charge in [-0.1, -0.05) is 24.3 Å². The number of pyridine rings is 1. The van der Waals surface area contributed by atoms with Gasteiger partial charge >= 0.3 is 0 Å². The number of aromatic hydroxyl groups is 1. The third-order valence-corrected chi connectivity index (χ3v) is 3.19. The Hall–Kier alpha value is -2.75. The van der Waals surface area contributed by atoms with Gasteiger partial charge in [0.2, 0.25) is 0 Å². The lowest BCUT2D eigenvalue weighted by atomic mass is 10.2. The number of aromatic nitrogens is 1. The van der Waals surface area contributed by atoms with Crippen LogP contribution in [0.4, 0.5) is 0 Å². The van der Waals surface area contributed by atoms with E-state index >= 15 is 0 Å². The molecule has 1 N–H and O–H groups in total. The minimum Gasteiger partial charge on any atom is -0.504 e. The summed E-state index contributed by atoms with van der Waals surface area (Å²) in [6.07, 6.45) is 0. The Morgan fingerprint density at radius 3 is 2.76 bits per heavy atom. The fraction of sp³-hybridized carbons (Fsp3) is 0.118. The highest BCUT2D eigenvalue weighted by molar-refractivity contribution is 5.78. The summed E-state index contributed by atoms with van der Waals surface area (Å²) in [5, 5.41) is 10.6. The number of methoxy groups -OCH3 is 1. The van der Waals surface area contributed by atoms with Crippen molar-refractivity contribution in [2.24, 2.45) is 0 Å². The number of nitrogens with zero attached hydrogens (tertiary/aromatic N) is 1. The molecule has 0 saturated heterocycles. The van der Waals surface area contributed by atoms with Gasteiger partial charge < -0.3 is 14.6 Å². The van der Waals surface area contributed by atoms with E-state index in [4.69, 9.17) is 9.47 Å². The third-order valence-electron chi connectivity index (χ3n) is 3.19. The van der Waals surface area contributed by atoms with Crippen molar-refractivity contribution in [1.29, 1.82) is 0 Å². The van der Waals surface area contributed by atoms with E-state index < -0.39 is 0 Å². The number of ether oxygens (including phenoxy) is 2. The normalized spacial score (nSPS) is 10.5. The molecule has 21 heavy (non-hydrogen) atoms. The Labute approximate surface area is 122 Å². The molecule has 0 radical (unpaired) electrons. The van der Waals surface area contributed by atoms with Crippen molar-refractivity contribution >= 4 is 10.9 Å². The molecule has 4 heteroatoms. The fourth-order valence-corrected chi connectivity index (χ4v) is 2.09. The Morgan fingerprint density at radius 2 is 1.90 bits per heavy atom. The molecule has 2 aromatic carbocycles. The van der Waals surface area contributed by atoms with Crippen molar-refractivity contribution in [3.05, 3.63) is 60.3 Å². The summed E-state index contributed by atoms with van der Waals surface area (Å²) in [4.78, 5) is 4.54. The van der Waals surface area contributed by atoms with Crippen molar-refractivity contribution in [1.82, 2.24) is 4.98 Å². The van der Waals surface area contributed by atoms with Gasteiger partial charge in [-0.15, -0.1) is 0 Å². The van der Waals surface area contributed by atoms with Gasteiger partial charge in [-0.05, 0) is 24.3 Å². The van der Waals surface area contributed by atoms with Gasteiger partial charge in [-0.25, -0.2) is 4.98 Å². The second kappa shape index (κ2) is 5.71. The van der Waals surface area contributed by atoms with E-state index in [1.807, 2.05) is 36.4 Å². The molecular weight excluding hydrogens is 266 g/mol. The van der Waals surface area contributed by atoms with Crippen LogP contribution in [0.1, 0.15) is 5.69 Å². The largest absolute Gasteiger partial charge is 0.504 e. The van der Waals surface area contributed by atoms with Crippen LogP contribution in [0.15, 0.2) is 54.6 Å². The van der Waals surface area contributed by atoms with Crippen molar-refractivity contribution in [2.45, 2.75) is 6.61 Å². The molecule has 0 amide bonds. The smallest absolute Gasteiger partial charge is 0.164 e. The number of phenolic OH excluding ortho intramolecular Hbond substituents is 1. The summed E-state index contributed by atoms with van der Waals surface area (Å²) in [6, 6.07) is 16.8. The zero-order valence-corrected chi connectivity index (χ0v) is 11.6. The standard InChI is InChI=1S/C17H15NO3/c1-20-17-10-14(8-9-16(17)19)21-11-13-7-6-12-4-2-3-5-15(12)18-13/h2-10,19H,11H2,1H3. The summed E-state index contributed by atoms with van der Waals surface area (Å²) in [7, 11) is 1.50. The Morgan fingerprint density at radius 1 is 1.05 bits per heavy atom. The van der Waals surface area contributed by atoms with E-state index in [1.54, 1.807) is 18.2 Å². The van der Waals surface area contributed by atoms with Crippen molar-refractivity contribution in [3.63, 3.8) is 0 Å². The summed E-state index contributed by atoms with van der Waals surface area (Å²) in [6.45, 7) is 0.360. The number of hydrogen-bond acceptors (Lipinski definition) is 4. The zero-order valence-electron chi connectivity index (χ0n) is 11.6. The maximum Gasteiger partial charge on any atom is 0.164 e. The number of benzene rings is 2. The fourth-order valence-electron chi connectivity index (χ4n) is 2.09. The molecule has 0 unspecified atom stereocenters. The van der Waals surface area contributed by atoms with E-state index in [0.717, 1.165) is 16.6 Å². The highest BCUT2D eigenvalue weighted by Crippen LogP contribution is 2.30. The van der Waals surface area contributed by atoms with Crippen LogP contribution in [0.5, 0.6) is 17.2 Å². The van der Waals surface area contributed by atoms with Gasteiger partial charge in [0, 0.05) is 11.5 Å². The number of phenols is 1. The van der Waals surface area contributed by atoms with E-state index in [2.05, 4.69) is 4.98 Å². The molecule has 0 fully saturated rings. The first-order valence-electron chi connectivity index (χ1n) is 6.61. The molecular formula is C17H15NO3. The van der Waals surface area contributed by atoms with Crippen LogP contribution in [0.25, 0.3) is 10.9 Å². The molecule has 1 heterocycles. The Kier molecular flexibility index (Phi) is 3.60. The quantitative estimate of drug-likeness (QED) is 0.795. The zero-order chi connectivity index (χ0) is 14.7. The minimum absolute atomic E-state index is 0.0914. The lowest BCUT2D eigenvalue weighted by molar-refractivity contribution is 0.297. The van der Waals surface area contributed by atoms with Crippen molar-refractivity contribution in [2.75, 3.05) is 7.11 Å². The van der Waals surface area contributed by atoms with Crippen LogP contribution in [0, 0.1) is 0 Å². The van der Waals surface area contributed by atoms with Gasteiger partial charge in [-0.2, -0.15) is 0 Å². The molecule has 0 aliphatic heterocycles. The Balaban J connectivity index is 1.76. The van der Waals surface area contributed by atoms with E-state index in [0.29, 0.717) is 18.1 Å². The summed E-state index contributed by atoms with van der Waals surface area (Å²) in [5.74, 6) is 1.10. The average molecular weight is 281 g/mol. The number of hydrogen-bond donors (Lipinski definition) is 1. The van der Waals surface area contributed by atoms with Gasteiger partial charge in [0.25, 0.3) is 0 Å². The summed E-state index contributed by atoms with van der Waals surface area (Å²) >= 11 is 0. The number of fused-ring (bicyclic) bond motifs is 1. The second-order valence-electron chi connectivity index (χ2n) is 4.62. The molecule has 0 spiro atoms. The van der Waals surface area contributed by atoms with Gasteiger partial charge in [-0.3, -0.25) is 0 Å². The predicted octanol–water partition coefficient (Wildman–Crippen LogP) is 3.53. The monoisotopic (exact) mass is 281 g/mol. The molecule has 106 valence electrons. The van der Waals surface area contributed by atoms with Crippen LogP contribution >= 0.6 is 0 Å². The molecule has 0 saturated carbocycles. The van der Waals surface area contributed by atoms with E-state index in [-0.39, 0.29) is 5.75 Å². The lowest BCUT2D eigenvalue weighted by Gasteiger charge is -2.09. The van der Waals surface area contributed by atoms with Gasteiger partial charge in [0.1, 0.15) is 12.4 Å². The lowest BCUT2D eigenvalue weighted by Crippen LogP contribution is -1.98. The van der Waals surface area contributed by atoms with Crippen LogP contribution < -0.4 is 9.47 Å². The van der Waals surface area contributed by atoms with Crippen molar-refractivity contribution < 1.29 is 14.6 Å². The molecule has 1 aromatic heterocycles. The van der Waals surface area contributed by atoms with Crippen LogP contribution in [-0.2, 0) is 6.61 Å². The van der Waals surface area contributed by atoms with Crippen LogP contribution in [-0.4, -0.2) is 17.2 Å². The maximum absolute atomic E-state index is 9.55. The van der Waals surface area contributed by atoms with Gasteiger partial charge in [0.05, 0.1) is 18.3 Å². The minimum atomic E-state index is 0.0914. The second-order valence-corrected chi connectivity index (χ2v) is 4.62. The van der Waals surface area contributed by atoms with Crippen molar-refractivity contribution in [3.8, 4) is 17.2 Å². The molecule has 0 aliphatic rings. The SMILES string of the molecule is COc1cc(OCc2ccc3ccccc3n2)ccc1O. The van der Waals surface area contributed by atoms with Crippen LogP contribution in [0.3, 0.4) is 0 Å². The first-order valence-corrected chi connectivity index (χ1v) is 6.61. The number of para-hydroxylation sites is 1. The van der Waals surface area contributed by atoms with E-state index in [9.17, 15) is 5.11 Å². The third kappa shape index (κ3) is 2.89. The summed E-state index contributed by atoms with van der Waals surface area (Å²) in [5.41, 5.74) is 1.79. The molecule has 0 bridgehead atoms. The Bertz CT molecular complexity index is 771. The predicted molar refractivity (Wildman–Crippen MR) is 80.7 cm³/mol. The molecule has 3 aromatic rings. The molecule has 3 rings (SSSR count). The highest BCUT2D eigenvalue weighted by Gasteiger charge is 2.04. The summed E-state index contributed by atoms with van der Waals surface area (Å²) < 4.78 is 10.7. The molecule has 0 aliphatic carbocycles. The first-order chi connectivity index (χ1) is 10.3. The molecule has 0 atom stereocenters. The highest BCUT2D eigenvalue weighted by atomic mass is 16.5. The average Bonchev–Trinajstić information content (AvgIpc) is 2.54. The van der Waals surface area contributed by atoms with E-state index in [1.165, 1.54) is 7.11 Å². The number of rotatable bonds is 4. The topological polar surface area (TPSA) is 51.6 Å². The molecule has 4 nitrogen and oxygen atoms in total. The first kappa shape index (κ1) is 13.2.